The Morgan fingerprint density at radius 3 is 1.84 bits per heavy atom. The van der Waals surface area contributed by atoms with Crippen molar-refractivity contribution >= 4 is 110 Å². The van der Waals surface area contributed by atoms with Gasteiger partial charge in [-0.05, 0) is 61.3 Å². The number of carbonyl (C=O) groups excluding carboxylic acids is 12. The second kappa shape index (κ2) is 36.3. The summed E-state index contributed by atoms with van der Waals surface area (Å²) in [5, 5.41) is 51.2. The maximum atomic E-state index is 14.9. The number of hydrogen-bond acceptors (Lipinski definition) is 19. The summed E-state index contributed by atoms with van der Waals surface area (Å²) >= 11 is 0. The zero-order chi connectivity index (χ0) is 66.8. The minimum atomic E-state index is -1.93. The van der Waals surface area contributed by atoms with Gasteiger partial charge < -0.3 is 96.7 Å². The molecule has 0 spiro atoms. The maximum absolute atomic E-state index is 14.9. The second-order valence-electron chi connectivity index (χ2n) is 21.4. The molecule has 2 aliphatic heterocycles. The van der Waals surface area contributed by atoms with Gasteiger partial charge >= 0.3 is 11.9 Å². The van der Waals surface area contributed by atoms with Crippen LogP contribution in [0.4, 0.5) is 0 Å². The van der Waals surface area contributed by atoms with Crippen LogP contribution < -0.4 is 76.5 Å². The lowest BCUT2D eigenvalue weighted by Gasteiger charge is -2.31. The monoisotopic (exact) mass is 1300 g/mol. The number of carboxylic acid groups (broad SMARTS) is 2. The molecule has 10 atom stereocenters. The van der Waals surface area contributed by atoms with Crippen molar-refractivity contribution < 1.29 is 82.4 Å². The number of rotatable bonds is 26. The predicted molar refractivity (Wildman–Crippen MR) is 325 cm³/mol. The van der Waals surface area contributed by atoms with Crippen molar-refractivity contribution in [3.63, 3.8) is 0 Å². The number of phenolic OH excluding ortho intramolecular Hbond substituents is 1. The molecule has 33 nitrogen and oxygen atoms in total. The molecule has 2 aromatic rings. The number of primary amides is 2. The Labute approximate surface area is 524 Å². The molecule has 0 saturated carbocycles. The molecule has 35 heteroatoms. The van der Waals surface area contributed by atoms with E-state index >= 15 is 0 Å². The number of aromatic hydroxyl groups is 1. The highest BCUT2D eigenvalue weighted by atomic mass is 33.1. The van der Waals surface area contributed by atoms with Gasteiger partial charge in [-0.25, -0.2) is 0 Å². The van der Waals surface area contributed by atoms with E-state index in [1.807, 2.05) is 0 Å². The number of guanidine groups is 1. The number of aliphatic imine (C=N–C) groups is 1. The summed E-state index contributed by atoms with van der Waals surface area (Å²) in [7, 11) is 1.56. The van der Waals surface area contributed by atoms with Gasteiger partial charge in [-0.2, -0.15) is 0 Å². The van der Waals surface area contributed by atoms with Crippen LogP contribution in [0, 0.1) is 5.92 Å². The fraction of sp³-hybridized carbons (Fsp3) is 0.509. The van der Waals surface area contributed by atoms with Crippen molar-refractivity contribution in [1.82, 2.24) is 52.8 Å². The van der Waals surface area contributed by atoms with Crippen LogP contribution in [0.25, 0.3) is 0 Å². The third-order valence-corrected chi connectivity index (χ3v) is 16.4. The summed E-state index contributed by atoms with van der Waals surface area (Å²) in [5.74, 6) is -17.4. The summed E-state index contributed by atoms with van der Waals surface area (Å²) in [6, 6.07) is -2.64. The normalized spacial score (nSPS) is 21.4. The van der Waals surface area contributed by atoms with E-state index in [0.29, 0.717) is 11.1 Å². The average Bonchev–Trinajstić information content (AvgIpc) is 2.40. The molecular formula is C55H78N16O17S2. The molecule has 0 aliphatic carbocycles. The number of hydrogen-bond donors (Lipinski definition) is 17. The molecule has 22 N–H and O–H groups in total. The van der Waals surface area contributed by atoms with E-state index in [1.165, 1.54) is 24.3 Å². The Morgan fingerprint density at radius 1 is 0.678 bits per heavy atom. The Bertz CT molecular complexity index is 2960. The van der Waals surface area contributed by atoms with Crippen molar-refractivity contribution in [3.05, 3.63) is 65.7 Å². The molecule has 2 saturated heterocycles. The van der Waals surface area contributed by atoms with E-state index in [2.05, 4.69) is 52.8 Å². The second-order valence-corrected chi connectivity index (χ2v) is 24.0. The first-order valence-electron chi connectivity index (χ1n) is 28.4. The molecule has 90 heavy (non-hydrogen) atoms. The molecule has 2 aliphatic rings. The SMILES string of the molecule is CC(C)C(N)C(=O)NC(CC(=O)O)C(=O)NC1CSSCC(C(=O)N2CCCC2C(=O)NC(CCCN=C(N)N)C(=O)NCC(=O)O)NC(=O)C(CC(N)=O)NC(=O)C(CCC(N)=O)NC(=O)C(Cc2ccccc2)NC(=O)C(Cc2ccc(O)cc2)NC1=O. The van der Waals surface area contributed by atoms with E-state index in [0.717, 1.165) is 26.5 Å². The summed E-state index contributed by atoms with van der Waals surface area (Å²) in [6.07, 6.45) is -3.45. The number of nitrogens with one attached hydrogen (secondary N) is 9. The smallest absolute Gasteiger partial charge is 0.322 e. The first-order valence-corrected chi connectivity index (χ1v) is 30.9. The van der Waals surface area contributed by atoms with Crippen LogP contribution in [-0.2, 0) is 80.0 Å². The number of amides is 12. The van der Waals surface area contributed by atoms with E-state index in [1.54, 1.807) is 44.2 Å². The third kappa shape index (κ3) is 24.7. The molecule has 2 fully saturated rings. The maximum Gasteiger partial charge on any atom is 0.322 e. The van der Waals surface area contributed by atoms with E-state index in [4.69, 9.17) is 28.7 Å². The number of nitrogens with zero attached hydrogens (tertiary/aromatic N) is 2. The topological polar surface area (TPSA) is 554 Å². The average molecular weight is 1300 g/mol. The molecule has 0 bridgehead atoms. The van der Waals surface area contributed by atoms with Gasteiger partial charge in [0, 0.05) is 43.9 Å². The zero-order valence-corrected chi connectivity index (χ0v) is 50.9. The van der Waals surface area contributed by atoms with E-state index < -0.39 is 193 Å². The van der Waals surface area contributed by atoms with Crippen molar-refractivity contribution in [2.75, 3.05) is 31.1 Å². The van der Waals surface area contributed by atoms with Crippen molar-refractivity contribution in [2.24, 2.45) is 39.6 Å². The number of carboxylic acids is 2. The van der Waals surface area contributed by atoms with Gasteiger partial charge in [-0.1, -0.05) is 77.9 Å². The van der Waals surface area contributed by atoms with Crippen LogP contribution in [0.15, 0.2) is 59.6 Å². The lowest BCUT2D eigenvalue weighted by Crippen LogP contribution is -2.62. The molecule has 0 radical (unpaired) electrons. The van der Waals surface area contributed by atoms with Gasteiger partial charge in [0.15, 0.2) is 5.96 Å². The lowest BCUT2D eigenvalue weighted by molar-refractivity contribution is -0.142. The summed E-state index contributed by atoms with van der Waals surface area (Å²) in [4.78, 5) is 196. The minimum absolute atomic E-state index is 0.00242. The molecule has 10 unspecified atom stereocenters. The highest BCUT2D eigenvalue weighted by Crippen LogP contribution is 2.27. The number of carbonyl (C=O) groups is 14. The fourth-order valence-corrected chi connectivity index (χ4v) is 11.4. The minimum Gasteiger partial charge on any atom is -0.508 e. The van der Waals surface area contributed by atoms with E-state index in [9.17, 15) is 82.4 Å². The molecule has 0 aromatic heterocycles. The largest absolute Gasteiger partial charge is 0.508 e. The van der Waals surface area contributed by atoms with Gasteiger partial charge in [0.05, 0.1) is 18.9 Å². The molecule has 2 aromatic carbocycles. The zero-order valence-electron chi connectivity index (χ0n) is 49.3. The Morgan fingerprint density at radius 2 is 1.26 bits per heavy atom. The van der Waals surface area contributed by atoms with Gasteiger partial charge in [0.2, 0.25) is 70.9 Å². The van der Waals surface area contributed by atoms with Crippen molar-refractivity contribution in [3.8, 4) is 5.75 Å². The van der Waals surface area contributed by atoms with Crippen LogP contribution in [0.3, 0.4) is 0 Å². The highest BCUT2D eigenvalue weighted by molar-refractivity contribution is 8.76. The Hall–Kier alpha value is -9.25. The molecule has 2 heterocycles. The van der Waals surface area contributed by atoms with Crippen LogP contribution in [0.2, 0.25) is 0 Å². The van der Waals surface area contributed by atoms with Crippen LogP contribution in [0.5, 0.6) is 5.75 Å². The first-order chi connectivity index (χ1) is 42.5. The number of likely N-dealkylation sites (tertiary alicyclic amines) is 1. The predicted octanol–water partition coefficient (Wildman–Crippen LogP) is -5.70. The summed E-state index contributed by atoms with van der Waals surface area (Å²) in [5.41, 5.74) is 28.7. The number of nitrogens with two attached hydrogens (primary N) is 5. The van der Waals surface area contributed by atoms with Crippen LogP contribution in [0.1, 0.15) is 76.3 Å². The van der Waals surface area contributed by atoms with Crippen molar-refractivity contribution in [2.45, 2.75) is 138 Å². The van der Waals surface area contributed by atoms with Gasteiger partial charge in [0.1, 0.15) is 66.7 Å². The van der Waals surface area contributed by atoms with Gasteiger partial charge in [-0.3, -0.25) is 72.1 Å². The molecular weight excluding hydrogens is 1220 g/mol. The van der Waals surface area contributed by atoms with E-state index in [-0.39, 0.29) is 63.3 Å². The molecule has 12 amide bonds. The third-order valence-electron chi connectivity index (χ3n) is 13.9. The number of aliphatic carboxylic acids is 2. The molecule has 492 valence electrons. The van der Waals surface area contributed by atoms with Crippen LogP contribution >= 0.6 is 21.6 Å². The number of phenols is 1. The molecule has 4 rings (SSSR count). The van der Waals surface area contributed by atoms with Gasteiger partial charge in [-0.15, -0.1) is 0 Å². The number of benzene rings is 2. The van der Waals surface area contributed by atoms with Crippen LogP contribution in [-0.4, -0.2) is 201 Å². The Balaban J connectivity index is 1.88. The van der Waals surface area contributed by atoms with Gasteiger partial charge in [0.25, 0.3) is 0 Å². The first kappa shape index (κ1) is 73.2. The highest BCUT2D eigenvalue weighted by Gasteiger charge is 2.41. The van der Waals surface area contributed by atoms with Crippen molar-refractivity contribution in [1.29, 1.82) is 0 Å². The standard InChI is InChI=1S/C55H78N16O17S2/c1-27(2)44(58)53(87)68-36(23-42(75)76)50(84)69-37-25-89-90-26-38(54(88)71-19-7-11-39(71)52(86)64-31(10-6-18-61-55(59)60)45(79)62-24-43(77)78)70-49(83)35(22-41(57)74)67-46(80)32(16-17-40(56)73)63-47(81)33(20-28-8-4-3-5-9-28)65-48(82)34(66-51(37)85)21-29-12-14-30(72)15-13-29/h3-5,8-9,12-15,27,31-39,44,72H,6-7,10-11,16-26,58H2,1-2H3,(H2,56,73)(H2,57,74)(H,62,79)(H,63,81)(H,64,86)(H,65,82)(H,66,85)(H,67,80)(H,68,87)(H,69,84)(H,70,83)(H,75,76)(H,77,78)(H4,59,60,61). The Kier molecular flexibility index (Phi) is 29.5. The lowest BCUT2D eigenvalue weighted by atomic mass is 10.0. The summed E-state index contributed by atoms with van der Waals surface area (Å²) in [6.45, 7) is 2.26. The fourth-order valence-electron chi connectivity index (χ4n) is 9.11. The quantitative estimate of drug-likeness (QED) is 0.0181. The summed E-state index contributed by atoms with van der Waals surface area (Å²) < 4.78 is 0.